The number of nitrogens with zero attached hydrogens (tertiary/aromatic N) is 3. The van der Waals surface area contributed by atoms with E-state index < -0.39 is 29.2 Å². The fraction of sp³-hybridized carbons (Fsp3) is 0.292. The lowest BCUT2D eigenvalue weighted by Crippen LogP contribution is -2.52. The second-order valence-electron chi connectivity index (χ2n) is 8.99. The number of carbonyl (C=O) groups is 4. The maximum Gasteiger partial charge on any atom is 0.323 e. The Morgan fingerprint density at radius 1 is 1.19 bits per heavy atom. The zero-order valence-corrected chi connectivity index (χ0v) is 19.6. The van der Waals surface area contributed by atoms with Gasteiger partial charge in [0.15, 0.2) is 22.7 Å². The fourth-order valence-corrected chi connectivity index (χ4v) is 4.94. The normalized spacial score (nSPS) is 21.2. The van der Waals surface area contributed by atoms with Crippen LogP contribution in [-0.4, -0.2) is 60.5 Å². The van der Waals surface area contributed by atoms with Crippen molar-refractivity contribution in [3.8, 4) is 5.75 Å². The number of methoxy groups -OCH3 is 1. The molecule has 2 aromatic heterocycles. The number of imide groups is 1. The Morgan fingerprint density at radius 2 is 2.03 bits per heavy atom. The van der Waals surface area contributed by atoms with E-state index in [-0.39, 0.29) is 36.2 Å². The molecule has 1 atom stereocenters. The molecular formula is C24H21FN6O6. The molecule has 0 saturated carbocycles. The Hall–Kier alpha value is -4.68. The van der Waals surface area contributed by atoms with Gasteiger partial charge < -0.3 is 24.7 Å². The summed E-state index contributed by atoms with van der Waals surface area (Å²) in [6.07, 6.45) is 0.760. The minimum atomic E-state index is -1.78. The second kappa shape index (κ2) is 8.18. The maximum absolute atomic E-state index is 14.8. The number of nitrogens with one attached hydrogen (secondary N) is 3. The number of anilines is 1. The molecule has 0 aliphatic carbocycles. The van der Waals surface area contributed by atoms with Crippen LogP contribution in [0.5, 0.6) is 5.75 Å². The molecule has 0 spiro atoms. The van der Waals surface area contributed by atoms with Crippen LogP contribution >= 0.6 is 0 Å². The van der Waals surface area contributed by atoms with Gasteiger partial charge in [-0.2, -0.15) is 0 Å². The Kier molecular flexibility index (Phi) is 5.03. The van der Waals surface area contributed by atoms with Crippen molar-refractivity contribution in [1.82, 2.24) is 25.8 Å². The Labute approximate surface area is 208 Å². The van der Waals surface area contributed by atoms with Crippen molar-refractivity contribution in [2.75, 3.05) is 31.6 Å². The molecule has 12 nitrogen and oxygen atoms in total. The van der Waals surface area contributed by atoms with E-state index in [1.165, 1.54) is 29.0 Å². The molecule has 3 aliphatic rings. The summed E-state index contributed by atoms with van der Waals surface area (Å²) in [6, 6.07) is 6.71. The van der Waals surface area contributed by atoms with Crippen molar-refractivity contribution >= 4 is 40.8 Å². The van der Waals surface area contributed by atoms with Crippen molar-refractivity contribution in [3.63, 3.8) is 0 Å². The van der Waals surface area contributed by atoms with E-state index in [4.69, 9.17) is 9.15 Å². The molecule has 3 aliphatic heterocycles. The lowest BCUT2D eigenvalue weighted by Gasteiger charge is -2.28. The van der Waals surface area contributed by atoms with Crippen LogP contribution in [-0.2, 0) is 16.9 Å². The fourth-order valence-electron chi connectivity index (χ4n) is 4.94. The number of hydrogen-bond acceptors (Lipinski definition) is 7. The Bertz CT molecular complexity index is 1500. The van der Waals surface area contributed by atoms with Crippen LogP contribution in [0, 0.1) is 5.82 Å². The number of urea groups is 2. The average Bonchev–Trinajstić information content (AvgIpc) is 3.53. The minimum absolute atomic E-state index is 0.0205. The van der Waals surface area contributed by atoms with Gasteiger partial charge >= 0.3 is 12.1 Å². The number of aromatic nitrogens is 1. The first kappa shape index (κ1) is 22.8. The summed E-state index contributed by atoms with van der Waals surface area (Å²) >= 11 is 0. The van der Waals surface area contributed by atoms with Gasteiger partial charge in [0.05, 0.1) is 19.2 Å². The number of halogens is 1. The second-order valence-corrected chi connectivity index (χ2v) is 8.99. The Balaban J connectivity index is 1.37. The molecule has 3 N–H and O–H groups in total. The molecular weight excluding hydrogens is 487 g/mol. The van der Waals surface area contributed by atoms with Crippen LogP contribution in [0.15, 0.2) is 34.7 Å². The third kappa shape index (κ3) is 3.45. The summed E-state index contributed by atoms with van der Waals surface area (Å²) < 4.78 is 25.8. The molecule has 3 aromatic rings. The number of benzene rings is 1. The largest absolute Gasteiger partial charge is 0.494 e. The number of rotatable bonds is 5. The average molecular weight is 508 g/mol. The van der Waals surface area contributed by atoms with E-state index in [9.17, 15) is 23.6 Å². The van der Waals surface area contributed by atoms with Crippen LogP contribution < -0.4 is 25.6 Å². The third-order valence-electron chi connectivity index (χ3n) is 6.78. The summed E-state index contributed by atoms with van der Waals surface area (Å²) in [6.45, 7) is 0.782. The highest BCUT2D eigenvalue weighted by atomic mass is 19.1. The highest BCUT2D eigenvalue weighted by Crippen LogP contribution is 2.36. The van der Waals surface area contributed by atoms with E-state index in [1.54, 1.807) is 18.2 Å². The lowest BCUT2D eigenvalue weighted by molar-refractivity contribution is -0.125. The van der Waals surface area contributed by atoms with Crippen LogP contribution in [0.4, 0.5) is 19.8 Å². The van der Waals surface area contributed by atoms with Gasteiger partial charge in [0.25, 0.3) is 11.8 Å². The van der Waals surface area contributed by atoms with Gasteiger partial charge in [0, 0.05) is 25.7 Å². The van der Waals surface area contributed by atoms with Crippen LogP contribution in [0.3, 0.4) is 0 Å². The standard InChI is InChI=1S/C24H21FN6O6/c1-36-15-4-3-12-10-30(20(32)18(12)19(15)25)11-24(21(33)28-22(34)29-24)16-9-13-14(37-16)5-6-17(27-13)31-8-2-7-26-23(31)35/h3-6,9H,2,7-8,10-11H2,1H3,(H,26,35)(H2,28,29,33,34). The van der Waals surface area contributed by atoms with Gasteiger partial charge in [-0.15, -0.1) is 0 Å². The molecule has 2 fully saturated rings. The summed E-state index contributed by atoms with van der Waals surface area (Å²) in [5.74, 6) is -1.79. The summed E-state index contributed by atoms with van der Waals surface area (Å²) in [7, 11) is 1.30. The maximum atomic E-state index is 14.8. The summed E-state index contributed by atoms with van der Waals surface area (Å²) in [4.78, 5) is 58.0. The highest BCUT2D eigenvalue weighted by Gasteiger charge is 2.53. The van der Waals surface area contributed by atoms with Gasteiger partial charge in [0.1, 0.15) is 17.1 Å². The van der Waals surface area contributed by atoms with Crippen LogP contribution in [0.25, 0.3) is 11.1 Å². The molecule has 1 aromatic carbocycles. The number of ether oxygens (including phenoxy) is 1. The molecule has 0 bridgehead atoms. The monoisotopic (exact) mass is 508 g/mol. The molecule has 190 valence electrons. The van der Waals surface area contributed by atoms with Crippen molar-refractivity contribution < 1.29 is 32.7 Å². The topological polar surface area (TPSA) is 146 Å². The number of amides is 6. The molecule has 13 heteroatoms. The van der Waals surface area contributed by atoms with E-state index in [0.717, 1.165) is 6.42 Å². The highest BCUT2D eigenvalue weighted by molar-refractivity contribution is 6.08. The van der Waals surface area contributed by atoms with E-state index >= 15 is 0 Å². The molecule has 5 heterocycles. The van der Waals surface area contributed by atoms with Crippen molar-refractivity contribution in [2.45, 2.75) is 18.5 Å². The zero-order chi connectivity index (χ0) is 25.9. The number of furan rings is 1. The van der Waals surface area contributed by atoms with Gasteiger partial charge in [0.2, 0.25) is 0 Å². The third-order valence-corrected chi connectivity index (χ3v) is 6.78. The molecule has 37 heavy (non-hydrogen) atoms. The zero-order valence-electron chi connectivity index (χ0n) is 19.6. The van der Waals surface area contributed by atoms with E-state index in [2.05, 4.69) is 20.9 Å². The van der Waals surface area contributed by atoms with Gasteiger partial charge in [-0.25, -0.2) is 19.0 Å². The van der Waals surface area contributed by atoms with E-state index in [1.807, 2.05) is 0 Å². The number of pyridine rings is 1. The molecule has 2 saturated heterocycles. The first-order valence-corrected chi connectivity index (χ1v) is 11.6. The van der Waals surface area contributed by atoms with Crippen molar-refractivity contribution in [3.05, 3.63) is 53.0 Å². The van der Waals surface area contributed by atoms with Crippen molar-refractivity contribution in [1.29, 1.82) is 0 Å². The molecule has 6 amide bonds. The first-order chi connectivity index (χ1) is 17.8. The molecule has 0 radical (unpaired) electrons. The summed E-state index contributed by atoms with van der Waals surface area (Å²) in [5.41, 5.74) is -0.824. The predicted molar refractivity (Wildman–Crippen MR) is 125 cm³/mol. The van der Waals surface area contributed by atoms with Gasteiger partial charge in [-0.3, -0.25) is 19.8 Å². The molecule has 1 unspecified atom stereocenters. The predicted octanol–water partition coefficient (Wildman–Crippen LogP) is 1.59. The number of fused-ring (bicyclic) bond motifs is 2. The first-order valence-electron chi connectivity index (χ1n) is 11.6. The number of hydrogen-bond donors (Lipinski definition) is 3. The van der Waals surface area contributed by atoms with Crippen molar-refractivity contribution in [2.24, 2.45) is 0 Å². The molecule has 6 rings (SSSR count). The lowest BCUT2D eigenvalue weighted by atomic mass is 9.95. The number of carbonyl (C=O) groups excluding carboxylic acids is 4. The van der Waals surface area contributed by atoms with E-state index in [0.29, 0.717) is 35.6 Å². The van der Waals surface area contributed by atoms with Crippen LogP contribution in [0.2, 0.25) is 0 Å². The van der Waals surface area contributed by atoms with Gasteiger partial charge in [-0.1, -0.05) is 6.07 Å². The minimum Gasteiger partial charge on any atom is -0.494 e. The summed E-state index contributed by atoms with van der Waals surface area (Å²) in [5, 5.41) is 7.54. The quantitative estimate of drug-likeness (QED) is 0.444. The van der Waals surface area contributed by atoms with Gasteiger partial charge in [-0.05, 0) is 30.2 Å². The van der Waals surface area contributed by atoms with Crippen LogP contribution in [0.1, 0.15) is 28.1 Å². The smallest absolute Gasteiger partial charge is 0.323 e. The Morgan fingerprint density at radius 3 is 2.76 bits per heavy atom. The SMILES string of the molecule is COc1ccc2c(c1F)C(=O)N(CC1(c3cc4nc(N5CCCNC5=O)ccc4o3)NC(=O)NC1=O)C2.